The molecule has 0 amide bonds. The van der Waals surface area contributed by atoms with E-state index in [0.717, 1.165) is 31.3 Å². The Bertz CT molecular complexity index is 614. The van der Waals surface area contributed by atoms with Crippen LogP contribution >= 0.6 is 12.2 Å². The number of thiocarbonyl (C=S) groups is 1. The van der Waals surface area contributed by atoms with Crippen LogP contribution in [0.4, 0.5) is 17.6 Å². The Morgan fingerprint density at radius 1 is 1.08 bits per heavy atom. The minimum atomic E-state index is 0.280. The molecular weight excluding hydrogens is 344 g/mol. The van der Waals surface area contributed by atoms with Crippen LogP contribution in [0.15, 0.2) is 6.07 Å². The molecule has 2 N–H and O–H groups in total. The first-order chi connectivity index (χ1) is 12.5. The molecule has 1 aromatic heterocycles. The molecule has 0 saturated carbocycles. The zero-order valence-electron chi connectivity index (χ0n) is 16.3. The highest BCUT2D eigenvalue weighted by molar-refractivity contribution is 7.80. The summed E-state index contributed by atoms with van der Waals surface area (Å²) < 4.78 is 0. The van der Waals surface area contributed by atoms with Gasteiger partial charge < -0.3 is 20.4 Å². The SMILES string of the molecule is CC(C)NC(=S)Nc1nc(N2CCCCC2)cc(N2CCCC[C@@H]2C)n1. The van der Waals surface area contributed by atoms with Gasteiger partial charge in [-0.3, -0.25) is 0 Å². The van der Waals surface area contributed by atoms with Crippen LogP contribution in [0, 0.1) is 0 Å². The summed E-state index contributed by atoms with van der Waals surface area (Å²) in [6.45, 7) is 9.63. The first-order valence-electron chi connectivity index (χ1n) is 10.0. The molecule has 144 valence electrons. The van der Waals surface area contributed by atoms with Crippen molar-refractivity contribution in [1.82, 2.24) is 15.3 Å². The van der Waals surface area contributed by atoms with Crippen molar-refractivity contribution in [2.75, 3.05) is 34.8 Å². The second-order valence-electron chi connectivity index (χ2n) is 7.75. The fraction of sp³-hybridized carbons (Fsp3) is 0.737. The molecule has 0 spiro atoms. The van der Waals surface area contributed by atoms with Crippen LogP contribution in [-0.2, 0) is 0 Å². The Morgan fingerprint density at radius 2 is 1.77 bits per heavy atom. The van der Waals surface area contributed by atoms with Crippen molar-refractivity contribution in [3.05, 3.63) is 6.07 Å². The van der Waals surface area contributed by atoms with E-state index in [9.17, 15) is 0 Å². The van der Waals surface area contributed by atoms with Crippen LogP contribution < -0.4 is 20.4 Å². The summed E-state index contributed by atoms with van der Waals surface area (Å²) >= 11 is 5.41. The standard InChI is InChI=1S/C19H32N6S/c1-14(2)20-19(26)23-18-21-16(24-10-6-4-7-11-24)13-17(22-18)25-12-8-5-9-15(25)3/h13-15H,4-12H2,1-3H3,(H2,20,21,22,23,26)/t15-/m0/s1. The lowest BCUT2D eigenvalue weighted by molar-refractivity contribution is 0.481. The van der Waals surface area contributed by atoms with Gasteiger partial charge in [0.1, 0.15) is 11.6 Å². The predicted molar refractivity (Wildman–Crippen MR) is 113 cm³/mol. The number of nitrogens with zero attached hydrogens (tertiary/aromatic N) is 4. The lowest BCUT2D eigenvalue weighted by atomic mass is 10.0. The van der Waals surface area contributed by atoms with E-state index in [1.54, 1.807) is 0 Å². The van der Waals surface area contributed by atoms with E-state index in [2.05, 4.69) is 47.3 Å². The summed E-state index contributed by atoms with van der Waals surface area (Å²) in [6, 6.07) is 2.96. The molecule has 3 rings (SSSR count). The van der Waals surface area contributed by atoms with Gasteiger partial charge in [0, 0.05) is 37.8 Å². The second-order valence-corrected chi connectivity index (χ2v) is 8.16. The number of nitrogens with one attached hydrogen (secondary N) is 2. The highest BCUT2D eigenvalue weighted by atomic mass is 32.1. The van der Waals surface area contributed by atoms with Gasteiger partial charge >= 0.3 is 0 Å². The van der Waals surface area contributed by atoms with Crippen molar-refractivity contribution in [3.63, 3.8) is 0 Å². The second kappa shape index (κ2) is 8.84. The number of rotatable bonds is 4. The first-order valence-corrected chi connectivity index (χ1v) is 10.4. The van der Waals surface area contributed by atoms with Gasteiger partial charge in [-0.25, -0.2) is 0 Å². The maximum atomic E-state index is 5.41. The average Bonchev–Trinajstić information content (AvgIpc) is 2.62. The molecule has 2 fully saturated rings. The molecule has 0 aromatic carbocycles. The number of hydrogen-bond donors (Lipinski definition) is 2. The van der Waals surface area contributed by atoms with Crippen molar-refractivity contribution in [2.45, 2.75) is 71.4 Å². The summed E-state index contributed by atoms with van der Waals surface area (Å²) in [4.78, 5) is 14.4. The molecule has 0 radical (unpaired) electrons. The third kappa shape index (κ3) is 4.96. The lowest BCUT2D eigenvalue weighted by Gasteiger charge is -2.35. The molecule has 7 heteroatoms. The predicted octanol–water partition coefficient (Wildman–Crippen LogP) is 3.54. The lowest BCUT2D eigenvalue weighted by Crippen LogP contribution is -2.39. The first kappa shape index (κ1) is 19.1. The van der Waals surface area contributed by atoms with E-state index in [1.165, 1.54) is 38.5 Å². The third-order valence-corrected chi connectivity index (χ3v) is 5.34. The third-order valence-electron chi connectivity index (χ3n) is 5.12. The van der Waals surface area contributed by atoms with Crippen LogP contribution in [0.5, 0.6) is 0 Å². The fourth-order valence-electron chi connectivity index (χ4n) is 3.75. The van der Waals surface area contributed by atoms with Gasteiger partial charge in [0.05, 0.1) is 0 Å². The summed E-state index contributed by atoms with van der Waals surface area (Å²) in [7, 11) is 0. The number of hydrogen-bond acceptors (Lipinski definition) is 5. The van der Waals surface area contributed by atoms with E-state index >= 15 is 0 Å². The molecule has 1 aromatic rings. The summed E-state index contributed by atoms with van der Waals surface area (Å²) in [5, 5.41) is 6.98. The van der Waals surface area contributed by atoms with Crippen LogP contribution in [-0.4, -0.2) is 46.8 Å². The highest BCUT2D eigenvalue weighted by Crippen LogP contribution is 2.28. The van der Waals surface area contributed by atoms with E-state index in [0.29, 0.717) is 17.1 Å². The fourth-order valence-corrected chi connectivity index (χ4v) is 4.08. The molecule has 0 aliphatic carbocycles. The molecule has 6 nitrogen and oxygen atoms in total. The van der Waals surface area contributed by atoms with E-state index in [4.69, 9.17) is 22.2 Å². The molecule has 2 saturated heterocycles. The molecular formula is C19H32N6S. The summed E-state index contributed by atoms with van der Waals surface area (Å²) in [5.41, 5.74) is 0. The van der Waals surface area contributed by atoms with Crippen molar-refractivity contribution < 1.29 is 0 Å². The maximum absolute atomic E-state index is 5.41. The molecule has 26 heavy (non-hydrogen) atoms. The monoisotopic (exact) mass is 376 g/mol. The Labute approximate surface area is 162 Å². The molecule has 1 atom stereocenters. The smallest absolute Gasteiger partial charge is 0.232 e. The van der Waals surface area contributed by atoms with Crippen molar-refractivity contribution in [3.8, 4) is 0 Å². The highest BCUT2D eigenvalue weighted by Gasteiger charge is 2.23. The van der Waals surface area contributed by atoms with Crippen LogP contribution in [0.25, 0.3) is 0 Å². The van der Waals surface area contributed by atoms with Gasteiger partial charge in [0.25, 0.3) is 0 Å². The topological polar surface area (TPSA) is 56.3 Å². The molecule has 0 bridgehead atoms. The quantitative estimate of drug-likeness (QED) is 0.780. The number of anilines is 3. The van der Waals surface area contributed by atoms with Crippen LogP contribution in [0.2, 0.25) is 0 Å². The number of piperidine rings is 2. The van der Waals surface area contributed by atoms with Crippen molar-refractivity contribution in [1.29, 1.82) is 0 Å². The zero-order valence-corrected chi connectivity index (χ0v) is 17.1. The minimum absolute atomic E-state index is 0.280. The van der Waals surface area contributed by atoms with Crippen LogP contribution in [0.1, 0.15) is 59.3 Å². The van der Waals surface area contributed by atoms with Gasteiger partial charge in [-0.05, 0) is 71.5 Å². The summed E-state index contributed by atoms with van der Waals surface area (Å²) in [6.07, 6.45) is 7.52. The van der Waals surface area contributed by atoms with Crippen molar-refractivity contribution >= 4 is 34.9 Å². The van der Waals surface area contributed by atoms with Gasteiger partial charge in [-0.2, -0.15) is 9.97 Å². The number of aromatic nitrogens is 2. The Hall–Kier alpha value is -1.63. The van der Waals surface area contributed by atoms with Gasteiger partial charge in [0.15, 0.2) is 5.11 Å². The van der Waals surface area contributed by atoms with E-state index < -0.39 is 0 Å². The Morgan fingerprint density at radius 3 is 2.46 bits per heavy atom. The molecule has 0 unspecified atom stereocenters. The Kier molecular flexibility index (Phi) is 6.51. The average molecular weight is 377 g/mol. The zero-order chi connectivity index (χ0) is 18.5. The molecule has 2 aliphatic rings. The molecule has 3 heterocycles. The molecule has 2 aliphatic heterocycles. The van der Waals surface area contributed by atoms with E-state index in [-0.39, 0.29) is 6.04 Å². The largest absolute Gasteiger partial charge is 0.360 e. The summed E-state index contributed by atoms with van der Waals surface area (Å²) in [5.74, 6) is 2.63. The van der Waals surface area contributed by atoms with Gasteiger partial charge in [-0.1, -0.05) is 0 Å². The van der Waals surface area contributed by atoms with Gasteiger partial charge in [0.2, 0.25) is 5.95 Å². The van der Waals surface area contributed by atoms with E-state index in [1.807, 2.05) is 0 Å². The normalized spacial score (nSPS) is 21.0. The minimum Gasteiger partial charge on any atom is -0.360 e. The van der Waals surface area contributed by atoms with Crippen molar-refractivity contribution in [2.24, 2.45) is 0 Å². The Balaban J connectivity index is 1.86. The van der Waals surface area contributed by atoms with Crippen LogP contribution in [0.3, 0.4) is 0 Å². The maximum Gasteiger partial charge on any atom is 0.232 e. The van der Waals surface area contributed by atoms with Gasteiger partial charge in [-0.15, -0.1) is 0 Å².